The van der Waals surface area contributed by atoms with Crippen LogP contribution in [-0.2, 0) is 19.2 Å². The number of carbonyl (C=O) groups excluding carboxylic acids is 4. The third-order valence-electron chi connectivity index (χ3n) is 2.33. The Kier molecular flexibility index (Phi) is 30.5. The lowest BCUT2D eigenvalue weighted by Gasteiger charge is -1.95. The van der Waals surface area contributed by atoms with Gasteiger partial charge in [0.15, 0.2) is 0 Å². The van der Waals surface area contributed by atoms with Gasteiger partial charge in [0, 0.05) is 19.3 Å². The number of ketones is 4. The SMILES string of the molecule is CC(=O)CC(C)C.CC(C)=O.CCC(C)=O.CCCCCC(C)=O. The Morgan fingerprint density at radius 1 is 0.708 bits per heavy atom. The molecule has 0 N–H and O–H groups in total. The van der Waals surface area contributed by atoms with E-state index in [1.54, 1.807) is 20.8 Å². The maximum Gasteiger partial charge on any atom is 0.130 e. The molecule has 0 aliphatic heterocycles. The lowest BCUT2D eigenvalue weighted by atomic mass is 10.1. The van der Waals surface area contributed by atoms with Crippen LogP contribution < -0.4 is 0 Å². The summed E-state index contributed by atoms with van der Waals surface area (Å²) >= 11 is 0. The van der Waals surface area contributed by atoms with E-state index in [1.165, 1.54) is 26.7 Å². The van der Waals surface area contributed by atoms with Crippen LogP contribution in [-0.4, -0.2) is 23.1 Å². The quantitative estimate of drug-likeness (QED) is 0.583. The fourth-order valence-electron chi connectivity index (χ4n) is 1.20. The Morgan fingerprint density at radius 2 is 1.08 bits per heavy atom. The molecule has 4 nitrogen and oxygen atoms in total. The highest BCUT2D eigenvalue weighted by Gasteiger charge is 1.95. The van der Waals surface area contributed by atoms with Crippen LogP contribution >= 0.6 is 0 Å². The second-order valence-electron chi connectivity index (χ2n) is 6.42. The molecular weight excluding hydrogens is 304 g/mol. The zero-order valence-corrected chi connectivity index (χ0v) is 17.5. The number of rotatable bonds is 7. The van der Waals surface area contributed by atoms with Gasteiger partial charge in [-0.25, -0.2) is 0 Å². The molecule has 0 saturated heterocycles. The van der Waals surface area contributed by atoms with Gasteiger partial charge in [-0.2, -0.15) is 0 Å². The molecule has 0 amide bonds. The molecule has 0 atom stereocenters. The zero-order chi connectivity index (χ0) is 20.1. The van der Waals surface area contributed by atoms with E-state index in [4.69, 9.17) is 0 Å². The highest BCUT2D eigenvalue weighted by atomic mass is 16.1. The number of Topliss-reactive ketones (excluding diaryl/α,β-unsaturated/α-hetero) is 4. The van der Waals surface area contributed by atoms with Gasteiger partial charge in [-0.15, -0.1) is 0 Å². The summed E-state index contributed by atoms with van der Waals surface area (Å²) in [5, 5.41) is 0. The second kappa shape index (κ2) is 23.9. The lowest BCUT2D eigenvalue weighted by Crippen LogP contribution is -1.95. The minimum Gasteiger partial charge on any atom is -0.300 e. The second-order valence-corrected chi connectivity index (χ2v) is 6.42. The molecule has 0 aliphatic rings. The highest BCUT2D eigenvalue weighted by molar-refractivity contribution is 5.75. The van der Waals surface area contributed by atoms with Crippen molar-refractivity contribution in [1.29, 1.82) is 0 Å². The Bertz CT molecular complexity index is 327. The molecule has 4 heteroatoms. The van der Waals surface area contributed by atoms with E-state index >= 15 is 0 Å². The normalized spacial score (nSPS) is 8.58. The molecule has 0 fully saturated rings. The van der Waals surface area contributed by atoms with Crippen molar-refractivity contribution in [3.63, 3.8) is 0 Å². The van der Waals surface area contributed by atoms with E-state index in [-0.39, 0.29) is 17.3 Å². The molecule has 0 bridgehead atoms. The molecule has 0 aromatic heterocycles. The van der Waals surface area contributed by atoms with Gasteiger partial charge < -0.3 is 19.2 Å². The van der Waals surface area contributed by atoms with Crippen molar-refractivity contribution < 1.29 is 19.2 Å². The third-order valence-corrected chi connectivity index (χ3v) is 2.33. The smallest absolute Gasteiger partial charge is 0.130 e. The van der Waals surface area contributed by atoms with Crippen molar-refractivity contribution in [2.45, 2.75) is 101 Å². The Hall–Kier alpha value is -1.32. The molecule has 0 aromatic rings. The summed E-state index contributed by atoms with van der Waals surface area (Å²) in [6, 6.07) is 0. The molecule has 0 saturated carbocycles. The van der Waals surface area contributed by atoms with Gasteiger partial charge in [0.1, 0.15) is 23.1 Å². The van der Waals surface area contributed by atoms with Gasteiger partial charge in [0.2, 0.25) is 0 Å². The van der Waals surface area contributed by atoms with Crippen molar-refractivity contribution in [3.05, 3.63) is 0 Å². The van der Waals surface area contributed by atoms with Crippen LogP contribution in [0.1, 0.15) is 101 Å². The summed E-state index contributed by atoms with van der Waals surface area (Å²) in [5.74, 6) is 1.55. The van der Waals surface area contributed by atoms with Crippen LogP contribution in [0.15, 0.2) is 0 Å². The van der Waals surface area contributed by atoms with Crippen molar-refractivity contribution in [2.24, 2.45) is 5.92 Å². The van der Waals surface area contributed by atoms with E-state index in [1.807, 2.05) is 20.8 Å². The fraction of sp³-hybridized carbons (Fsp3) is 0.800. The van der Waals surface area contributed by atoms with Crippen molar-refractivity contribution in [3.8, 4) is 0 Å². The van der Waals surface area contributed by atoms with E-state index in [0.717, 1.165) is 19.3 Å². The summed E-state index contributed by atoms with van der Waals surface area (Å²) in [4.78, 5) is 39.8. The predicted octanol–water partition coefficient (Wildman–Crippen LogP) is 5.36. The minimum atomic E-state index is 0.167. The number of carbonyl (C=O) groups is 4. The molecule has 0 aliphatic carbocycles. The van der Waals surface area contributed by atoms with Gasteiger partial charge in [0.05, 0.1) is 0 Å². The van der Waals surface area contributed by atoms with Crippen LogP contribution in [0.2, 0.25) is 0 Å². The molecule has 24 heavy (non-hydrogen) atoms. The number of unbranched alkanes of at least 4 members (excludes halogenated alkanes) is 2. The number of hydrogen-bond donors (Lipinski definition) is 0. The monoisotopic (exact) mass is 344 g/mol. The number of hydrogen-bond acceptors (Lipinski definition) is 4. The average molecular weight is 345 g/mol. The highest BCUT2D eigenvalue weighted by Crippen LogP contribution is 1.98. The summed E-state index contributed by atoms with van der Waals surface area (Å²) < 4.78 is 0. The van der Waals surface area contributed by atoms with Gasteiger partial charge in [-0.05, 0) is 47.0 Å². The molecule has 0 unspecified atom stereocenters. The fourth-order valence-corrected chi connectivity index (χ4v) is 1.20. The standard InChI is InChI=1S/C7H14O.C6H12O.C4H8O.C3H6O/c1-3-4-5-6-7(2)8;1-5(2)4-6(3)7;1-3-4(2)5;1-3(2)4/h3-6H2,1-2H3;5H,4H2,1-3H3;3H2,1-2H3;1-2H3. The summed E-state index contributed by atoms with van der Waals surface area (Å²) in [5.41, 5.74) is 0. The topological polar surface area (TPSA) is 68.3 Å². The van der Waals surface area contributed by atoms with Gasteiger partial charge >= 0.3 is 0 Å². The molecule has 0 spiro atoms. The summed E-state index contributed by atoms with van der Waals surface area (Å²) in [7, 11) is 0. The first-order valence-electron chi connectivity index (χ1n) is 8.85. The minimum absolute atomic E-state index is 0.167. The van der Waals surface area contributed by atoms with Crippen LogP contribution in [0, 0.1) is 5.92 Å². The Balaban J connectivity index is -0.000000115. The maximum absolute atomic E-state index is 10.3. The van der Waals surface area contributed by atoms with Crippen LogP contribution in [0.3, 0.4) is 0 Å². The first-order chi connectivity index (χ1) is 10.9. The van der Waals surface area contributed by atoms with Crippen molar-refractivity contribution in [1.82, 2.24) is 0 Å². The van der Waals surface area contributed by atoms with Crippen molar-refractivity contribution in [2.75, 3.05) is 0 Å². The van der Waals surface area contributed by atoms with E-state index < -0.39 is 0 Å². The maximum atomic E-state index is 10.3. The third kappa shape index (κ3) is 85.5. The van der Waals surface area contributed by atoms with E-state index in [2.05, 4.69) is 6.92 Å². The summed E-state index contributed by atoms with van der Waals surface area (Å²) in [6.07, 6.45) is 5.63. The first-order valence-corrected chi connectivity index (χ1v) is 8.85. The van der Waals surface area contributed by atoms with E-state index in [0.29, 0.717) is 18.1 Å². The molecule has 144 valence electrons. The van der Waals surface area contributed by atoms with Crippen molar-refractivity contribution >= 4 is 23.1 Å². The molecule has 0 aromatic carbocycles. The molecule has 0 heterocycles. The first kappa shape index (κ1) is 30.5. The molecular formula is C20H40O4. The van der Waals surface area contributed by atoms with Gasteiger partial charge in [0.25, 0.3) is 0 Å². The largest absolute Gasteiger partial charge is 0.300 e. The molecule has 0 rings (SSSR count). The predicted molar refractivity (Wildman–Crippen MR) is 102 cm³/mol. The van der Waals surface area contributed by atoms with Crippen LogP contribution in [0.4, 0.5) is 0 Å². The summed E-state index contributed by atoms with van der Waals surface area (Å²) in [6.45, 7) is 16.0. The van der Waals surface area contributed by atoms with Crippen LogP contribution in [0.25, 0.3) is 0 Å². The Labute approximate surface area is 149 Å². The van der Waals surface area contributed by atoms with Crippen LogP contribution in [0.5, 0.6) is 0 Å². The zero-order valence-electron chi connectivity index (χ0n) is 17.5. The molecule has 0 radical (unpaired) electrons. The lowest BCUT2D eigenvalue weighted by molar-refractivity contribution is -0.118. The Morgan fingerprint density at radius 3 is 1.21 bits per heavy atom. The van der Waals surface area contributed by atoms with Gasteiger partial charge in [-0.1, -0.05) is 40.5 Å². The van der Waals surface area contributed by atoms with E-state index in [9.17, 15) is 19.2 Å². The van der Waals surface area contributed by atoms with Gasteiger partial charge in [-0.3, -0.25) is 0 Å². The average Bonchev–Trinajstić information content (AvgIpc) is 2.37.